The Balaban J connectivity index is 1.48. The molecule has 0 atom stereocenters. The monoisotopic (exact) mass is 454 g/mol. The fourth-order valence-corrected chi connectivity index (χ4v) is 3.97. The van der Waals surface area contributed by atoms with Crippen LogP contribution in [0.4, 0.5) is 14.7 Å². The van der Waals surface area contributed by atoms with E-state index in [1.54, 1.807) is 32.3 Å². The van der Waals surface area contributed by atoms with Crippen LogP contribution < -0.4 is 15.4 Å². The molecule has 3 heterocycles. The van der Waals surface area contributed by atoms with Crippen LogP contribution in [0.5, 0.6) is 5.75 Å². The molecule has 0 radical (unpaired) electrons. The van der Waals surface area contributed by atoms with E-state index in [1.165, 1.54) is 27.6 Å². The van der Waals surface area contributed by atoms with Gasteiger partial charge in [0, 0.05) is 19.0 Å². The highest BCUT2D eigenvalue weighted by atomic mass is 35.5. The molecule has 12 heteroatoms. The zero-order valence-electron chi connectivity index (χ0n) is 15.9. The lowest BCUT2D eigenvalue weighted by Gasteiger charge is -2.15. The average Bonchev–Trinajstić information content (AvgIpc) is 3.37. The van der Waals surface area contributed by atoms with Crippen molar-refractivity contribution in [3.63, 3.8) is 0 Å². The van der Waals surface area contributed by atoms with Crippen LogP contribution in [-0.4, -0.2) is 39.3 Å². The van der Waals surface area contributed by atoms with Gasteiger partial charge in [0.2, 0.25) is 0 Å². The highest BCUT2D eigenvalue weighted by Gasteiger charge is 2.18. The number of nitrogens with one attached hydrogen (secondary N) is 3. The highest BCUT2D eigenvalue weighted by Crippen LogP contribution is 2.22. The van der Waals surface area contributed by atoms with Gasteiger partial charge in [-0.15, -0.1) is 22.7 Å². The molecule has 3 aromatic rings. The maximum Gasteiger partial charge on any atom is 0.415 e. The SMILES string of the molecule is Cc1n[nH]c(C)c1OC(=O)N(C)Cc1csc(NC(=O)NCc2csc(Cl)c2)n1. The largest absolute Gasteiger partial charge is 0.415 e. The quantitative estimate of drug-likeness (QED) is 0.518. The number of carbonyl (C=O) groups excluding carboxylic acids is 2. The van der Waals surface area contributed by atoms with Gasteiger partial charge in [-0.3, -0.25) is 10.4 Å². The summed E-state index contributed by atoms with van der Waals surface area (Å²) in [5.41, 5.74) is 2.86. The Hall–Kier alpha value is -2.63. The molecule has 3 N–H and O–H groups in total. The van der Waals surface area contributed by atoms with Crippen molar-refractivity contribution in [2.75, 3.05) is 12.4 Å². The Labute approximate surface area is 180 Å². The van der Waals surface area contributed by atoms with Crippen molar-refractivity contribution in [2.24, 2.45) is 0 Å². The summed E-state index contributed by atoms with van der Waals surface area (Å²) >= 11 is 8.55. The minimum Gasteiger partial charge on any atom is -0.406 e. The van der Waals surface area contributed by atoms with Crippen LogP contribution in [0.2, 0.25) is 4.34 Å². The number of urea groups is 1. The van der Waals surface area contributed by atoms with Crippen LogP contribution in [0.1, 0.15) is 22.6 Å². The maximum atomic E-state index is 12.3. The number of thiazole rings is 1. The predicted molar refractivity (Wildman–Crippen MR) is 113 cm³/mol. The summed E-state index contributed by atoms with van der Waals surface area (Å²) in [4.78, 5) is 30.0. The first kappa shape index (κ1) is 21.1. The van der Waals surface area contributed by atoms with E-state index in [0.29, 0.717) is 38.8 Å². The molecular formula is C17H19ClN6O3S2. The summed E-state index contributed by atoms with van der Waals surface area (Å²) < 4.78 is 6.05. The van der Waals surface area contributed by atoms with E-state index in [1.807, 2.05) is 5.38 Å². The van der Waals surface area contributed by atoms with Crippen LogP contribution >= 0.6 is 34.3 Å². The molecule has 0 bridgehead atoms. The van der Waals surface area contributed by atoms with Gasteiger partial charge >= 0.3 is 12.1 Å². The number of ether oxygens (including phenoxy) is 1. The average molecular weight is 455 g/mol. The van der Waals surface area contributed by atoms with Gasteiger partial charge < -0.3 is 15.0 Å². The van der Waals surface area contributed by atoms with Crippen LogP contribution in [0, 0.1) is 13.8 Å². The molecule has 0 spiro atoms. The fourth-order valence-electron chi connectivity index (χ4n) is 2.36. The molecule has 3 aromatic heterocycles. The number of rotatable bonds is 6. The second kappa shape index (κ2) is 9.25. The molecule has 0 aliphatic heterocycles. The van der Waals surface area contributed by atoms with Crippen LogP contribution in [-0.2, 0) is 13.1 Å². The second-order valence-electron chi connectivity index (χ2n) is 6.20. The Bertz CT molecular complexity index is 995. The third kappa shape index (κ3) is 5.68. The number of nitrogens with zero attached hydrogens (tertiary/aromatic N) is 3. The lowest BCUT2D eigenvalue weighted by molar-refractivity contribution is 0.159. The molecule has 0 aliphatic rings. The van der Waals surface area contributed by atoms with Gasteiger partial charge in [-0.1, -0.05) is 11.6 Å². The summed E-state index contributed by atoms with van der Waals surface area (Å²) in [5, 5.41) is 16.3. The van der Waals surface area contributed by atoms with Crippen LogP contribution in [0.25, 0.3) is 0 Å². The maximum absolute atomic E-state index is 12.3. The van der Waals surface area contributed by atoms with Crippen molar-refractivity contribution >= 4 is 51.5 Å². The normalized spacial score (nSPS) is 10.6. The van der Waals surface area contributed by atoms with Gasteiger partial charge in [-0.2, -0.15) is 5.10 Å². The van der Waals surface area contributed by atoms with Crippen molar-refractivity contribution in [2.45, 2.75) is 26.9 Å². The summed E-state index contributed by atoms with van der Waals surface area (Å²) in [6.07, 6.45) is -0.521. The van der Waals surface area contributed by atoms with E-state index >= 15 is 0 Å². The molecule has 3 amide bonds. The predicted octanol–water partition coefficient (Wildman–Crippen LogP) is 4.15. The molecule has 3 rings (SSSR count). The first-order chi connectivity index (χ1) is 13.8. The molecule has 9 nitrogen and oxygen atoms in total. The Morgan fingerprint density at radius 3 is 2.76 bits per heavy atom. The van der Waals surface area contributed by atoms with Gasteiger partial charge in [-0.05, 0) is 30.9 Å². The number of halogens is 1. The third-order valence-corrected chi connectivity index (χ3v) is 5.75. The van der Waals surface area contributed by atoms with Crippen molar-refractivity contribution < 1.29 is 14.3 Å². The van der Waals surface area contributed by atoms with E-state index in [4.69, 9.17) is 16.3 Å². The van der Waals surface area contributed by atoms with Gasteiger partial charge in [0.25, 0.3) is 0 Å². The number of H-pyrrole nitrogens is 1. The van der Waals surface area contributed by atoms with Crippen LogP contribution in [0.15, 0.2) is 16.8 Å². The molecule has 0 aromatic carbocycles. The fraction of sp³-hybridized carbons (Fsp3) is 0.294. The molecule has 0 saturated heterocycles. The number of hydrogen-bond acceptors (Lipinski definition) is 7. The van der Waals surface area contributed by atoms with Gasteiger partial charge in [-0.25, -0.2) is 14.6 Å². The van der Waals surface area contributed by atoms with Crippen molar-refractivity contribution in [3.8, 4) is 5.75 Å². The standard InChI is InChI=1S/C17H19ClN6O3S2/c1-9-14(10(2)23-22-9)27-17(26)24(3)6-12-8-29-16(20-12)21-15(25)19-5-11-4-13(18)28-7-11/h4,7-8H,5-6H2,1-3H3,(H,22,23)(H2,19,20,21,25). The second-order valence-corrected chi connectivity index (χ2v) is 8.60. The van der Waals surface area contributed by atoms with E-state index in [-0.39, 0.29) is 12.6 Å². The van der Waals surface area contributed by atoms with Crippen molar-refractivity contribution in [3.05, 3.63) is 43.8 Å². The number of aromatic nitrogens is 3. The number of anilines is 1. The molecule has 154 valence electrons. The molecule has 0 unspecified atom stereocenters. The summed E-state index contributed by atoms with van der Waals surface area (Å²) in [6, 6.07) is 1.43. The lowest BCUT2D eigenvalue weighted by atomic mass is 10.3. The van der Waals surface area contributed by atoms with Crippen molar-refractivity contribution in [1.29, 1.82) is 0 Å². The number of hydrogen-bond donors (Lipinski definition) is 3. The smallest absolute Gasteiger partial charge is 0.406 e. The van der Waals surface area contributed by atoms with Crippen LogP contribution in [0.3, 0.4) is 0 Å². The summed E-state index contributed by atoms with van der Waals surface area (Å²) in [6.45, 7) is 4.14. The van der Waals surface area contributed by atoms with Gasteiger partial charge in [0.05, 0.1) is 22.3 Å². The number of amides is 3. The molecule has 29 heavy (non-hydrogen) atoms. The van der Waals surface area contributed by atoms with E-state index in [2.05, 4.69) is 25.8 Å². The van der Waals surface area contributed by atoms with E-state index < -0.39 is 6.09 Å². The number of aryl methyl sites for hydroxylation is 2. The number of thiophene rings is 1. The van der Waals surface area contributed by atoms with Gasteiger partial charge in [0.1, 0.15) is 5.69 Å². The summed E-state index contributed by atoms with van der Waals surface area (Å²) in [5.74, 6) is 0.422. The molecule has 0 fully saturated rings. The van der Waals surface area contributed by atoms with E-state index in [0.717, 1.165) is 5.56 Å². The Kier molecular flexibility index (Phi) is 6.72. The zero-order chi connectivity index (χ0) is 21.0. The zero-order valence-corrected chi connectivity index (χ0v) is 18.3. The van der Waals surface area contributed by atoms with E-state index in [9.17, 15) is 9.59 Å². The Morgan fingerprint density at radius 1 is 1.31 bits per heavy atom. The molecular weight excluding hydrogens is 436 g/mol. The first-order valence-electron chi connectivity index (χ1n) is 8.48. The minimum atomic E-state index is -0.521. The third-order valence-electron chi connectivity index (χ3n) is 3.81. The first-order valence-corrected chi connectivity index (χ1v) is 10.6. The van der Waals surface area contributed by atoms with Crippen molar-refractivity contribution in [1.82, 2.24) is 25.4 Å². The Morgan fingerprint density at radius 2 is 2.10 bits per heavy atom. The summed E-state index contributed by atoms with van der Waals surface area (Å²) in [7, 11) is 1.61. The molecule has 0 aliphatic carbocycles. The minimum absolute atomic E-state index is 0.238. The highest BCUT2D eigenvalue weighted by molar-refractivity contribution is 7.14. The topological polar surface area (TPSA) is 112 Å². The number of aromatic amines is 1. The lowest BCUT2D eigenvalue weighted by Crippen LogP contribution is -2.30. The molecule has 0 saturated carbocycles. The van der Waals surface area contributed by atoms with Gasteiger partial charge in [0.15, 0.2) is 10.9 Å². The number of carbonyl (C=O) groups is 2.